The third kappa shape index (κ3) is 6.17. The monoisotopic (exact) mass is 310 g/mol. The molecule has 0 bridgehead atoms. The molecule has 3 N–H and O–H groups in total. The van der Waals surface area contributed by atoms with Gasteiger partial charge in [0.15, 0.2) is 0 Å². The molecule has 0 heterocycles. The summed E-state index contributed by atoms with van der Waals surface area (Å²) in [5.41, 5.74) is 7.69. The second kappa shape index (κ2) is 8.67. The predicted octanol–water partition coefficient (Wildman–Crippen LogP) is 1.34. The van der Waals surface area contributed by atoms with Crippen LogP contribution in [-0.4, -0.2) is 34.4 Å². The molecule has 0 amide bonds. The fourth-order valence-corrected chi connectivity index (χ4v) is 2.96. The van der Waals surface area contributed by atoms with Crippen LogP contribution in [0.2, 0.25) is 0 Å². The summed E-state index contributed by atoms with van der Waals surface area (Å²) in [6, 6.07) is 5.41. The number of ether oxygens (including phenoxy) is 1. The number of aryl methyl sites for hydroxylation is 1. The van der Waals surface area contributed by atoms with Crippen molar-refractivity contribution in [2.75, 3.05) is 30.7 Å². The Labute approximate surface area is 126 Å². The number of benzene rings is 1. The normalized spacial score (nSPS) is 10.8. The number of methoxy groups -OCH3 is 1. The van der Waals surface area contributed by atoms with E-state index in [1.54, 1.807) is 19.2 Å². The van der Waals surface area contributed by atoms with E-state index in [9.17, 15) is 8.42 Å². The van der Waals surface area contributed by atoms with Crippen molar-refractivity contribution in [2.24, 2.45) is 5.73 Å². The van der Waals surface area contributed by atoms with Gasteiger partial charge in [-0.25, -0.2) is 8.42 Å². The van der Waals surface area contributed by atoms with Crippen LogP contribution < -0.4 is 10.5 Å². The summed E-state index contributed by atoms with van der Waals surface area (Å²) in [5, 5.41) is 0. The Bertz CT molecular complexity index is 616. The molecule has 6 heteroatoms. The van der Waals surface area contributed by atoms with E-state index in [-0.39, 0.29) is 5.75 Å². The highest BCUT2D eigenvalue weighted by molar-refractivity contribution is 7.92. The Kier molecular flexibility index (Phi) is 7.23. The maximum absolute atomic E-state index is 12.0. The first-order valence-electron chi connectivity index (χ1n) is 6.83. The second-order valence-electron chi connectivity index (χ2n) is 4.50. The van der Waals surface area contributed by atoms with Crippen molar-refractivity contribution in [3.63, 3.8) is 0 Å². The fraction of sp³-hybridized carbons (Fsp3) is 0.467. The van der Waals surface area contributed by atoms with Gasteiger partial charge in [-0.15, -0.1) is 0 Å². The number of rotatable bonds is 7. The molecule has 0 saturated carbocycles. The molecule has 0 aliphatic rings. The smallest absolute Gasteiger partial charge is 0.232 e. The molecule has 0 unspecified atom stereocenters. The van der Waals surface area contributed by atoms with Crippen molar-refractivity contribution in [3.8, 4) is 11.8 Å². The summed E-state index contributed by atoms with van der Waals surface area (Å²) in [7, 11) is -1.80. The standard InChI is InChI=1S/C15H22N2O3S/c1-3-14-12-13(6-4-9-16)7-8-15(14)17-21(18,19)11-5-10-20-2/h7-8,12,17H,3,5,9-11,16H2,1-2H3. The highest BCUT2D eigenvalue weighted by Gasteiger charge is 2.12. The molecule has 0 atom stereocenters. The molecule has 0 aliphatic carbocycles. The summed E-state index contributed by atoms with van der Waals surface area (Å²) in [6.45, 7) is 2.70. The highest BCUT2D eigenvalue weighted by atomic mass is 32.2. The third-order valence-corrected chi connectivity index (χ3v) is 4.20. The van der Waals surface area contributed by atoms with Crippen molar-refractivity contribution in [1.82, 2.24) is 0 Å². The van der Waals surface area contributed by atoms with Crippen LogP contribution in [0.15, 0.2) is 18.2 Å². The van der Waals surface area contributed by atoms with Gasteiger partial charge in [-0.2, -0.15) is 0 Å². The van der Waals surface area contributed by atoms with Gasteiger partial charge in [0.1, 0.15) is 0 Å². The lowest BCUT2D eigenvalue weighted by Crippen LogP contribution is -2.18. The minimum Gasteiger partial charge on any atom is -0.385 e. The maximum Gasteiger partial charge on any atom is 0.232 e. The second-order valence-corrected chi connectivity index (χ2v) is 6.34. The molecule has 0 fully saturated rings. The quantitative estimate of drug-likeness (QED) is 0.588. The van der Waals surface area contributed by atoms with Gasteiger partial charge in [-0.05, 0) is 36.6 Å². The van der Waals surface area contributed by atoms with E-state index in [2.05, 4.69) is 16.6 Å². The van der Waals surface area contributed by atoms with Crippen LogP contribution in [0.5, 0.6) is 0 Å². The average molecular weight is 310 g/mol. The van der Waals surface area contributed by atoms with Crippen LogP contribution in [0.1, 0.15) is 24.5 Å². The zero-order chi connectivity index (χ0) is 15.7. The summed E-state index contributed by atoms with van der Waals surface area (Å²) >= 11 is 0. The lowest BCUT2D eigenvalue weighted by Gasteiger charge is -2.12. The van der Waals surface area contributed by atoms with Gasteiger partial charge < -0.3 is 10.5 Å². The molecular formula is C15H22N2O3S. The van der Waals surface area contributed by atoms with E-state index in [0.29, 0.717) is 31.7 Å². The third-order valence-electron chi connectivity index (χ3n) is 2.85. The lowest BCUT2D eigenvalue weighted by atomic mass is 10.1. The minimum absolute atomic E-state index is 0.0404. The number of sulfonamides is 1. The molecule has 1 aromatic carbocycles. The largest absolute Gasteiger partial charge is 0.385 e. The van der Waals surface area contributed by atoms with Crippen LogP contribution in [0.3, 0.4) is 0 Å². The van der Waals surface area contributed by atoms with E-state index >= 15 is 0 Å². The van der Waals surface area contributed by atoms with Crippen molar-refractivity contribution in [1.29, 1.82) is 0 Å². The SMILES string of the molecule is CCc1cc(C#CCN)ccc1NS(=O)(=O)CCCOC. The average Bonchev–Trinajstić information content (AvgIpc) is 2.46. The molecule has 1 rings (SSSR count). The fourth-order valence-electron chi connectivity index (χ4n) is 1.83. The molecule has 0 spiro atoms. The Hall–Kier alpha value is -1.55. The first kappa shape index (κ1) is 17.5. The van der Waals surface area contributed by atoms with E-state index in [4.69, 9.17) is 10.5 Å². The van der Waals surface area contributed by atoms with Crippen LogP contribution in [0, 0.1) is 11.8 Å². The van der Waals surface area contributed by atoms with Gasteiger partial charge in [0.25, 0.3) is 0 Å². The van der Waals surface area contributed by atoms with Crippen LogP contribution in [-0.2, 0) is 21.2 Å². The highest BCUT2D eigenvalue weighted by Crippen LogP contribution is 2.19. The molecular weight excluding hydrogens is 288 g/mol. The Balaban J connectivity index is 2.88. The van der Waals surface area contributed by atoms with Gasteiger partial charge in [-0.3, -0.25) is 4.72 Å². The van der Waals surface area contributed by atoms with Gasteiger partial charge in [0, 0.05) is 19.3 Å². The zero-order valence-electron chi connectivity index (χ0n) is 12.5. The summed E-state index contributed by atoms with van der Waals surface area (Å²) in [4.78, 5) is 0. The summed E-state index contributed by atoms with van der Waals surface area (Å²) in [5.74, 6) is 5.77. The van der Waals surface area contributed by atoms with Gasteiger partial charge in [-0.1, -0.05) is 18.8 Å². The summed E-state index contributed by atoms with van der Waals surface area (Å²) < 4.78 is 31.5. The summed E-state index contributed by atoms with van der Waals surface area (Å²) in [6.07, 6.45) is 1.18. The van der Waals surface area contributed by atoms with Gasteiger partial charge >= 0.3 is 0 Å². The van der Waals surface area contributed by atoms with Crippen molar-refractivity contribution < 1.29 is 13.2 Å². The molecule has 5 nitrogen and oxygen atoms in total. The van der Waals surface area contributed by atoms with Crippen molar-refractivity contribution >= 4 is 15.7 Å². The minimum atomic E-state index is -3.36. The van der Waals surface area contributed by atoms with Crippen LogP contribution in [0.25, 0.3) is 0 Å². The first-order chi connectivity index (χ1) is 10.0. The Morgan fingerprint density at radius 3 is 2.76 bits per heavy atom. The van der Waals surface area contributed by atoms with Crippen LogP contribution >= 0.6 is 0 Å². The number of anilines is 1. The van der Waals surface area contributed by atoms with Gasteiger partial charge in [0.05, 0.1) is 18.0 Å². The van der Waals surface area contributed by atoms with Gasteiger partial charge in [0.2, 0.25) is 10.0 Å². The Morgan fingerprint density at radius 2 is 2.14 bits per heavy atom. The topological polar surface area (TPSA) is 81.4 Å². The zero-order valence-corrected chi connectivity index (χ0v) is 13.3. The molecule has 0 aromatic heterocycles. The van der Waals surface area contributed by atoms with Crippen molar-refractivity contribution in [2.45, 2.75) is 19.8 Å². The predicted molar refractivity (Wildman–Crippen MR) is 85.7 cm³/mol. The van der Waals surface area contributed by atoms with E-state index in [1.165, 1.54) is 0 Å². The molecule has 1 aromatic rings. The van der Waals surface area contributed by atoms with Crippen molar-refractivity contribution in [3.05, 3.63) is 29.3 Å². The van der Waals surface area contributed by atoms with Crippen LogP contribution in [0.4, 0.5) is 5.69 Å². The number of hydrogen-bond donors (Lipinski definition) is 2. The molecule has 0 aliphatic heterocycles. The molecule has 116 valence electrons. The maximum atomic E-state index is 12.0. The number of hydrogen-bond acceptors (Lipinski definition) is 4. The molecule has 0 saturated heterocycles. The molecule has 21 heavy (non-hydrogen) atoms. The van der Waals surface area contributed by atoms with E-state index in [1.807, 2.05) is 13.0 Å². The number of nitrogens with one attached hydrogen (secondary N) is 1. The Morgan fingerprint density at radius 1 is 1.38 bits per heavy atom. The first-order valence-corrected chi connectivity index (χ1v) is 8.49. The lowest BCUT2D eigenvalue weighted by molar-refractivity contribution is 0.199. The van der Waals surface area contributed by atoms with E-state index < -0.39 is 10.0 Å². The van der Waals surface area contributed by atoms with E-state index in [0.717, 1.165) is 11.1 Å². The number of nitrogens with two attached hydrogens (primary N) is 1. The molecule has 0 radical (unpaired) electrons.